The van der Waals surface area contributed by atoms with Crippen molar-refractivity contribution in [3.8, 4) is 0 Å². The van der Waals surface area contributed by atoms with E-state index in [1.54, 1.807) is 6.08 Å². The summed E-state index contributed by atoms with van der Waals surface area (Å²) in [7, 11) is 0. The summed E-state index contributed by atoms with van der Waals surface area (Å²) in [5.74, 6) is 1.82. The molecule has 0 radical (unpaired) electrons. The van der Waals surface area contributed by atoms with E-state index in [-0.39, 0.29) is 5.91 Å². The highest BCUT2D eigenvalue weighted by molar-refractivity contribution is 5.92. The second-order valence-corrected chi connectivity index (χ2v) is 9.53. The Morgan fingerprint density at radius 2 is 1.91 bits per heavy atom. The first kappa shape index (κ1) is 25.8. The van der Waals surface area contributed by atoms with E-state index in [0.29, 0.717) is 17.5 Å². The second-order valence-electron chi connectivity index (χ2n) is 9.53. The molecule has 0 bridgehead atoms. The Morgan fingerprint density at radius 3 is 2.53 bits per heavy atom. The van der Waals surface area contributed by atoms with Gasteiger partial charge in [-0.05, 0) is 91.7 Å². The highest BCUT2D eigenvalue weighted by atomic mass is 16.2. The van der Waals surface area contributed by atoms with Gasteiger partial charge in [0.1, 0.15) is 0 Å². The van der Waals surface area contributed by atoms with Gasteiger partial charge in [-0.2, -0.15) is 0 Å². The number of nitrogens with zero attached hydrogens (tertiary/aromatic N) is 1. The molecule has 2 rings (SSSR count). The van der Waals surface area contributed by atoms with Gasteiger partial charge in [0.05, 0.1) is 5.70 Å². The highest BCUT2D eigenvalue weighted by Crippen LogP contribution is 2.26. The van der Waals surface area contributed by atoms with Crippen LogP contribution in [0.3, 0.4) is 0 Å². The second kappa shape index (κ2) is 13.2. The number of nitrogens with one attached hydrogen (secondary N) is 2. The molecule has 0 aliphatic carbocycles. The van der Waals surface area contributed by atoms with Gasteiger partial charge < -0.3 is 5.41 Å². The van der Waals surface area contributed by atoms with Crippen LogP contribution < -0.4 is 5.43 Å². The molecule has 1 aromatic rings. The van der Waals surface area contributed by atoms with E-state index >= 15 is 0 Å². The predicted octanol–water partition coefficient (Wildman–Crippen LogP) is 6.04. The molecular weight excluding hydrogens is 394 g/mol. The van der Waals surface area contributed by atoms with Crippen molar-refractivity contribution < 1.29 is 4.79 Å². The number of rotatable bonds is 15. The predicted molar refractivity (Wildman–Crippen MR) is 136 cm³/mol. The van der Waals surface area contributed by atoms with Crippen molar-refractivity contribution in [1.82, 2.24) is 10.4 Å². The van der Waals surface area contributed by atoms with Crippen LogP contribution in [0.2, 0.25) is 0 Å². The van der Waals surface area contributed by atoms with Crippen LogP contribution in [0, 0.1) is 23.2 Å². The molecule has 2 unspecified atom stereocenters. The lowest BCUT2D eigenvalue weighted by atomic mass is 9.84. The number of carbonyl (C=O) groups excluding carboxylic acids is 1. The standard InChI is InChI=1S/C28H41N3O/c1-6-24(18-22(4)17-21(2)3)19-27-20-25(12-13-26(27)10-7-15-29)9-8-16-30-31-23(5)11-14-28(31)32/h6,11-15,20-22,24,29-30H,1,5,7-10,16-19H2,2-4H3. The summed E-state index contributed by atoms with van der Waals surface area (Å²) in [6.07, 6.45) is 13.9. The zero-order valence-electron chi connectivity index (χ0n) is 20.2. The molecule has 1 heterocycles. The smallest absolute Gasteiger partial charge is 0.265 e. The lowest BCUT2D eigenvalue weighted by Gasteiger charge is -2.21. The van der Waals surface area contributed by atoms with Crippen LogP contribution in [0.5, 0.6) is 0 Å². The molecule has 0 saturated carbocycles. The quantitative estimate of drug-likeness (QED) is 0.201. The maximum Gasteiger partial charge on any atom is 0.265 e. The first-order valence-corrected chi connectivity index (χ1v) is 12.0. The van der Waals surface area contributed by atoms with Crippen molar-refractivity contribution in [2.45, 2.75) is 65.7 Å². The van der Waals surface area contributed by atoms with E-state index in [1.807, 2.05) is 0 Å². The maximum atomic E-state index is 11.8. The topological polar surface area (TPSA) is 56.2 Å². The molecule has 0 aromatic heterocycles. The Kier molecular flexibility index (Phi) is 10.6. The number of hydrazine groups is 1. The summed E-state index contributed by atoms with van der Waals surface area (Å²) in [5.41, 5.74) is 7.92. The fraction of sp³-hybridized carbons (Fsp3) is 0.500. The van der Waals surface area contributed by atoms with Gasteiger partial charge in [-0.1, -0.05) is 51.6 Å². The maximum absolute atomic E-state index is 11.8. The molecule has 1 aliphatic heterocycles. The summed E-state index contributed by atoms with van der Waals surface area (Å²) in [6, 6.07) is 6.81. The number of carbonyl (C=O) groups is 1. The Balaban J connectivity index is 1.99. The van der Waals surface area contributed by atoms with E-state index in [0.717, 1.165) is 44.6 Å². The highest BCUT2D eigenvalue weighted by Gasteiger charge is 2.18. The first-order valence-electron chi connectivity index (χ1n) is 12.0. The first-order chi connectivity index (χ1) is 15.3. The Labute approximate surface area is 195 Å². The summed E-state index contributed by atoms with van der Waals surface area (Å²) in [6.45, 7) is 15.7. The molecule has 2 N–H and O–H groups in total. The molecule has 0 saturated heterocycles. The van der Waals surface area contributed by atoms with Gasteiger partial charge in [-0.3, -0.25) is 4.79 Å². The molecule has 0 spiro atoms. The number of amides is 1. The molecule has 4 heteroatoms. The lowest BCUT2D eigenvalue weighted by Crippen LogP contribution is -2.38. The number of allylic oxidation sites excluding steroid dienone is 2. The van der Waals surface area contributed by atoms with E-state index < -0.39 is 0 Å². The molecular formula is C28H41N3O. The van der Waals surface area contributed by atoms with Crippen LogP contribution in [0.4, 0.5) is 0 Å². The van der Waals surface area contributed by atoms with Crippen molar-refractivity contribution in [3.05, 3.63) is 72.0 Å². The molecule has 1 aromatic carbocycles. The van der Waals surface area contributed by atoms with Gasteiger partial charge in [0.2, 0.25) is 0 Å². The zero-order valence-corrected chi connectivity index (χ0v) is 20.2. The summed E-state index contributed by atoms with van der Waals surface area (Å²) >= 11 is 0. The number of aryl methyl sites for hydroxylation is 2. The molecule has 1 amide bonds. The SMILES string of the molecule is C=CC(Cc1cc(CCCNN2C(=C)C=CC2=O)ccc1CCC=N)CC(C)CC(C)C. The Morgan fingerprint density at radius 1 is 1.12 bits per heavy atom. The van der Waals surface area contributed by atoms with Crippen molar-refractivity contribution in [2.24, 2.45) is 17.8 Å². The fourth-order valence-electron chi connectivity index (χ4n) is 4.58. The average molecular weight is 436 g/mol. The van der Waals surface area contributed by atoms with Crippen molar-refractivity contribution in [3.63, 3.8) is 0 Å². The number of hydrogen-bond donors (Lipinski definition) is 2. The minimum Gasteiger partial charge on any atom is -0.313 e. The normalized spacial score (nSPS) is 15.4. The minimum absolute atomic E-state index is 0.0602. The number of hydrogen-bond acceptors (Lipinski definition) is 3. The van der Waals surface area contributed by atoms with Crippen molar-refractivity contribution in [2.75, 3.05) is 6.54 Å². The van der Waals surface area contributed by atoms with Crippen LogP contribution in [0.1, 0.15) is 63.1 Å². The Hall–Kier alpha value is -2.46. The lowest BCUT2D eigenvalue weighted by molar-refractivity contribution is -0.125. The van der Waals surface area contributed by atoms with E-state index in [4.69, 9.17) is 5.41 Å². The molecule has 174 valence electrons. The third-order valence-corrected chi connectivity index (χ3v) is 6.06. The van der Waals surface area contributed by atoms with E-state index in [1.165, 1.54) is 46.8 Å². The van der Waals surface area contributed by atoms with E-state index in [9.17, 15) is 4.79 Å². The summed E-state index contributed by atoms with van der Waals surface area (Å²) < 4.78 is 0. The molecule has 0 fully saturated rings. The van der Waals surface area contributed by atoms with Crippen LogP contribution in [-0.2, 0) is 24.1 Å². The van der Waals surface area contributed by atoms with Crippen LogP contribution in [0.25, 0.3) is 0 Å². The molecule has 1 aliphatic rings. The van der Waals surface area contributed by atoms with Gasteiger partial charge >= 0.3 is 0 Å². The van der Waals surface area contributed by atoms with Crippen molar-refractivity contribution >= 4 is 12.1 Å². The van der Waals surface area contributed by atoms with Gasteiger partial charge in [0, 0.05) is 12.6 Å². The van der Waals surface area contributed by atoms with Crippen LogP contribution in [-0.4, -0.2) is 23.7 Å². The third-order valence-electron chi connectivity index (χ3n) is 6.06. The Bertz CT molecular complexity index is 806. The molecule has 2 atom stereocenters. The average Bonchev–Trinajstić information content (AvgIpc) is 3.06. The van der Waals surface area contributed by atoms with Crippen molar-refractivity contribution in [1.29, 1.82) is 5.41 Å². The largest absolute Gasteiger partial charge is 0.313 e. The minimum atomic E-state index is -0.0602. The van der Waals surface area contributed by atoms with E-state index in [2.05, 4.69) is 63.6 Å². The van der Waals surface area contributed by atoms with Crippen LogP contribution >= 0.6 is 0 Å². The molecule has 32 heavy (non-hydrogen) atoms. The van der Waals surface area contributed by atoms with Crippen LogP contribution in [0.15, 0.2) is 55.3 Å². The summed E-state index contributed by atoms with van der Waals surface area (Å²) in [4.78, 5) is 11.8. The van der Waals surface area contributed by atoms with Gasteiger partial charge in [-0.15, -0.1) is 6.58 Å². The monoisotopic (exact) mass is 435 g/mol. The summed E-state index contributed by atoms with van der Waals surface area (Å²) in [5, 5.41) is 8.94. The third kappa shape index (κ3) is 8.23. The fourth-order valence-corrected chi connectivity index (χ4v) is 4.58. The zero-order chi connectivity index (χ0) is 23.5. The van der Waals surface area contributed by atoms with Gasteiger partial charge in [0.25, 0.3) is 5.91 Å². The number of benzene rings is 1. The van der Waals surface area contributed by atoms with Gasteiger partial charge in [-0.25, -0.2) is 10.4 Å². The molecule has 4 nitrogen and oxygen atoms in total. The van der Waals surface area contributed by atoms with Gasteiger partial charge in [0.15, 0.2) is 0 Å².